The van der Waals surface area contributed by atoms with E-state index in [2.05, 4.69) is 17.3 Å². The number of hydrogen-bond donors (Lipinski definition) is 1. The third-order valence-electron chi connectivity index (χ3n) is 4.28. The van der Waals surface area contributed by atoms with Crippen LogP contribution < -0.4 is 5.32 Å². The molecule has 0 saturated carbocycles. The average Bonchev–Trinajstić information content (AvgIpc) is 2.67. The molecule has 20 heavy (non-hydrogen) atoms. The third-order valence-corrected chi connectivity index (χ3v) is 4.78. The van der Waals surface area contributed by atoms with Gasteiger partial charge in [0.1, 0.15) is 0 Å². The van der Waals surface area contributed by atoms with Crippen LogP contribution in [0.3, 0.4) is 0 Å². The maximum absolute atomic E-state index is 6.42. The maximum atomic E-state index is 6.42. The molecule has 0 atom stereocenters. The second-order valence-electron chi connectivity index (χ2n) is 5.94. The van der Waals surface area contributed by atoms with Gasteiger partial charge in [-0.2, -0.15) is 5.10 Å². The van der Waals surface area contributed by atoms with Gasteiger partial charge in [-0.25, -0.2) is 0 Å². The Bertz CT molecular complexity index is 439. The largest absolute Gasteiger partial charge is 0.381 e. The van der Waals surface area contributed by atoms with E-state index >= 15 is 0 Å². The highest BCUT2D eigenvalue weighted by Gasteiger charge is 2.34. The number of hydrogen-bond acceptors (Lipinski definition) is 3. The quantitative estimate of drug-likeness (QED) is 0.821. The first kappa shape index (κ1) is 15.8. The minimum atomic E-state index is 0.247. The molecule has 0 aromatic carbocycles. The summed E-state index contributed by atoms with van der Waals surface area (Å²) in [6.45, 7) is 7.97. The molecule has 0 spiro atoms. The number of ether oxygens (including phenoxy) is 1. The molecule has 1 aromatic rings. The first-order valence-corrected chi connectivity index (χ1v) is 7.92. The molecule has 1 aliphatic heterocycles. The highest BCUT2D eigenvalue weighted by Crippen LogP contribution is 2.36. The number of halogens is 1. The van der Waals surface area contributed by atoms with Gasteiger partial charge in [0.2, 0.25) is 0 Å². The van der Waals surface area contributed by atoms with Crippen LogP contribution in [0, 0.1) is 12.3 Å². The number of rotatable bonds is 6. The molecule has 1 fully saturated rings. The van der Waals surface area contributed by atoms with Crippen molar-refractivity contribution in [3.63, 3.8) is 0 Å². The van der Waals surface area contributed by atoms with Crippen molar-refractivity contribution in [1.29, 1.82) is 0 Å². The lowest BCUT2D eigenvalue weighted by Gasteiger charge is -2.37. The Balaban J connectivity index is 2.14. The first-order chi connectivity index (χ1) is 9.58. The van der Waals surface area contributed by atoms with E-state index in [1.165, 1.54) is 0 Å². The van der Waals surface area contributed by atoms with E-state index in [1.807, 2.05) is 18.7 Å². The van der Waals surface area contributed by atoms with Crippen molar-refractivity contribution in [1.82, 2.24) is 15.1 Å². The van der Waals surface area contributed by atoms with Gasteiger partial charge in [0.25, 0.3) is 0 Å². The zero-order valence-corrected chi connectivity index (χ0v) is 13.6. The summed E-state index contributed by atoms with van der Waals surface area (Å²) in [7, 11) is 1.99. The van der Waals surface area contributed by atoms with Gasteiger partial charge in [0.05, 0.1) is 16.4 Å². The number of nitrogens with one attached hydrogen (secondary N) is 1. The van der Waals surface area contributed by atoms with Crippen LogP contribution in [0.5, 0.6) is 0 Å². The Labute approximate surface area is 126 Å². The monoisotopic (exact) mass is 299 g/mol. The molecule has 0 bridgehead atoms. The Hall–Kier alpha value is -0.580. The van der Waals surface area contributed by atoms with Gasteiger partial charge in [-0.1, -0.05) is 18.5 Å². The molecule has 1 N–H and O–H groups in total. The predicted molar refractivity (Wildman–Crippen MR) is 82.3 cm³/mol. The van der Waals surface area contributed by atoms with Crippen LogP contribution in [0.2, 0.25) is 5.02 Å². The summed E-state index contributed by atoms with van der Waals surface area (Å²) in [6, 6.07) is 0. The molecule has 0 radical (unpaired) electrons. The Morgan fingerprint density at radius 2 is 2.10 bits per heavy atom. The Morgan fingerprint density at radius 3 is 2.65 bits per heavy atom. The molecule has 1 saturated heterocycles. The average molecular weight is 300 g/mol. The van der Waals surface area contributed by atoms with Crippen LogP contribution in [0.4, 0.5) is 0 Å². The second-order valence-corrected chi connectivity index (χ2v) is 6.31. The minimum absolute atomic E-state index is 0.247. The van der Waals surface area contributed by atoms with Crippen molar-refractivity contribution in [2.75, 3.05) is 26.3 Å². The van der Waals surface area contributed by atoms with Gasteiger partial charge in [-0.15, -0.1) is 0 Å². The van der Waals surface area contributed by atoms with E-state index in [0.717, 1.165) is 68.4 Å². The lowest BCUT2D eigenvalue weighted by atomic mass is 9.76. The molecule has 2 rings (SSSR count). The Morgan fingerprint density at radius 1 is 1.40 bits per heavy atom. The van der Waals surface area contributed by atoms with E-state index in [4.69, 9.17) is 16.3 Å². The van der Waals surface area contributed by atoms with Gasteiger partial charge in [-0.3, -0.25) is 4.68 Å². The first-order valence-electron chi connectivity index (χ1n) is 7.54. The summed E-state index contributed by atoms with van der Waals surface area (Å²) in [6.07, 6.45) is 4.32. The zero-order chi connectivity index (χ0) is 14.6. The molecular formula is C15H26ClN3O. The molecule has 2 heterocycles. The summed E-state index contributed by atoms with van der Waals surface area (Å²) >= 11 is 6.42. The summed E-state index contributed by atoms with van der Waals surface area (Å²) < 4.78 is 7.49. The molecule has 0 unspecified atom stereocenters. The van der Waals surface area contributed by atoms with Crippen molar-refractivity contribution in [2.24, 2.45) is 12.5 Å². The fourth-order valence-electron chi connectivity index (χ4n) is 2.98. The van der Waals surface area contributed by atoms with E-state index < -0.39 is 0 Å². The van der Waals surface area contributed by atoms with Gasteiger partial charge in [-0.05, 0) is 44.6 Å². The topological polar surface area (TPSA) is 39.1 Å². The van der Waals surface area contributed by atoms with Crippen molar-refractivity contribution >= 4 is 11.6 Å². The fourth-order valence-corrected chi connectivity index (χ4v) is 3.21. The summed E-state index contributed by atoms with van der Waals surface area (Å²) in [5.74, 6) is 0. The van der Waals surface area contributed by atoms with Gasteiger partial charge in [0.15, 0.2) is 0 Å². The van der Waals surface area contributed by atoms with Crippen LogP contribution in [-0.2, 0) is 18.2 Å². The van der Waals surface area contributed by atoms with Crippen LogP contribution in [0.25, 0.3) is 0 Å². The smallest absolute Gasteiger partial charge is 0.0847 e. The molecule has 1 aromatic heterocycles. The fraction of sp³-hybridized carbons (Fsp3) is 0.800. The van der Waals surface area contributed by atoms with E-state index in [9.17, 15) is 0 Å². The van der Waals surface area contributed by atoms with Crippen LogP contribution in [0.1, 0.15) is 37.6 Å². The molecule has 1 aliphatic rings. The molecule has 0 amide bonds. The second kappa shape index (κ2) is 6.92. The van der Waals surface area contributed by atoms with E-state index in [0.29, 0.717) is 0 Å². The minimum Gasteiger partial charge on any atom is -0.381 e. The summed E-state index contributed by atoms with van der Waals surface area (Å²) in [5, 5.41) is 8.85. The lowest BCUT2D eigenvalue weighted by Crippen LogP contribution is -2.41. The van der Waals surface area contributed by atoms with Crippen LogP contribution >= 0.6 is 11.6 Å². The summed E-state index contributed by atoms with van der Waals surface area (Å²) in [4.78, 5) is 0. The molecule has 5 heteroatoms. The van der Waals surface area contributed by atoms with Gasteiger partial charge < -0.3 is 10.1 Å². The predicted octanol–water partition coefficient (Wildman–Crippen LogP) is 2.72. The SMILES string of the molecule is CCCNCC1(Cc2c(Cl)c(C)nn2C)CCOCC1. The highest BCUT2D eigenvalue weighted by atomic mass is 35.5. The summed E-state index contributed by atoms with van der Waals surface area (Å²) in [5.41, 5.74) is 2.33. The Kier molecular flexibility index (Phi) is 5.47. The van der Waals surface area contributed by atoms with Crippen LogP contribution in [0.15, 0.2) is 0 Å². The molecule has 0 aliphatic carbocycles. The molecule has 4 nitrogen and oxygen atoms in total. The number of aryl methyl sites for hydroxylation is 2. The zero-order valence-electron chi connectivity index (χ0n) is 12.8. The van der Waals surface area contributed by atoms with Crippen molar-refractivity contribution in [2.45, 2.75) is 39.5 Å². The lowest BCUT2D eigenvalue weighted by molar-refractivity contribution is 0.0142. The van der Waals surface area contributed by atoms with E-state index in [1.54, 1.807) is 0 Å². The van der Waals surface area contributed by atoms with Crippen molar-refractivity contribution in [3.8, 4) is 0 Å². The number of nitrogens with zero attached hydrogens (tertiary/aromatic N) is 2. The van der Waals surface area contributed by atoms with E-state index in [-0.39, 0.29) is 5.41 Å². The maximum Gasteiger partial charge on any atom is 0.0847 e. The van der Waals surface area contributed by atoms with Gasteiger partial charge >= 0.3 is 0 Å². The van der Waals surface area contributed by atoms with Crippen LogP contribution in [-0.4, -0.2) is 36.1 Å². The molecule has 114 valence electrons. The molecular weight excluding hydrogens is 274 g/mol. The van der Waals surface area contributed by atoms with Gasteiger partial charge in [0, 0.05) is 26.8 Å². The van der Waals surface area contributed by atoms with Crippen molar-refractivity contribution in [3.05, 3.63) is 16.4 Å². The van der Waals surface area contributed by atoms with Crippen molar-refractivity contribution < 1.29 is 4.74 Å². The number of aromatic nitrogens is 2. The third kappa shape index (κ3) is 3.54. The highest BCUT2D eigenvalue weighted by molar-refractivity contribution is 6.31. The standard InChI is InChI=1S/C15H26ClN3O/c1-4-7-17-11-15(5-8-20-9-6-15)10-13-14(16)12(2)18-19(13)3/h17H,4-11H2,1-3H3. The normalized spacial score (nSPS) is 18.4.